The van der Waals surface area contributed by atoms with E-state index in [1.807, 2.05) is 78.2 Å². The zero-order chi connectivity index (χ0) is 21.3. The summed E-state index contributed by atoms with van der Waals surface area (Å²) in [6, 6.07) is 28.1. The van der Waals surface area contributed by atoms with Crippen LogP contribution in [0.15, 0.2) is 90.3 Å². The van der Waals surface area contributed by atoms with E-state index < -0.39 is 0 Å². The van der Waals surface area contributed by atoms with Crippen molar-refractivity contribution in [3.63, 3.8) is 0 Å². The van der Waals surface area contributed by atoms with Gasteiger partial charge in [-0.3, -0.25) is 4.79 Å². The minimum absolute atomic E-state index is 0.0468. The minimum atomic E-state index is -0.0468. The van der Waals surface area contributed by atoms with Gasteiger partial charge in [-0.05, 0) is 17.2 Å². The van der Waals surface area contributed by atoms with Crippen LogP contribution in [-0.2, 0) is 30.8 Å². The summed E-state index contributed by atoms with van der Waals surface area (Å²) in [5, 5.41) is 5.98. The molecule has 0 bridgehead atoms. The van der Waals surface area contributed by atoms with Crippen molar-refractivity contribution in [2.45, 2.75) is 26.0 Å². The topological polar surface area (TPSA) is 51.2 Å². The quantitative estimate of drug-likeness (QED) is 0.400. The summed E-state index contributed by atoms with van der Waals surface area (Å²) >= 11 is 1.60. The van der Waals surface area contributed by atoms with Crippen LogP contribution >= 0.6 is 11.3 Å². The summed E-state index contributed by atoms with van der Waals surface area (Å²) in [5.74, 6) is 0.736. The van der Waals surface area contributed by atoms with Crippen LogP contribution in [0, 0.1) is 0 Å². The zero-order valence-electron chi connectivity index (χ0n) is 17.2. The number of rotatable bonds is 9. The second-order valence-corrected chi connectivity index (χ2v) is 8.17. The summed E-state index contributed by atoms with van der Waals surface area (Å²) < 4.78 is 5.97. The number of thiazole rings is 1. The van der Waals surface area contributed by atoms with Gasteiger partial charge in [-0.2, -0.15) is 0 Å². The molecule has 4 nitrogen and oxygen atoms in total. The first-order valence-electron chi connectivity index (χ1n) is 10.2. The average Bonchev–Trinajstić information content (AvgIpc) is 3.24. The number of carbonyl (C=O) groups excluding carboxylic acids is 1. The average molecular weight is 429 g/mol. The third-order valence-corrected chi connectivity index (χ3v) is 5.72. The van der Waals surface area contributed by atoms with Crippen LogP contribution in [0.1, 0.15) is 27.4 Å². The molecule has 4 rings (SSSR count). The van der Waals surface area contributed by atoms with E-state index in [0.29, 0.717) is 13.2 Å². The molecule has 0 fully saturated rings. The lowest BCUT2D eigenvalue weighted by molar-refractivity contribution is -0.120. The van der Waals surface area contributed by atoms with Crippen molar-refractivity contribution in [2.75, 3.05) is 0 Å². The number of hydrogen-bond donors (Lipinski definition) is 1. The highest BCUT2D eigenvalue weighted by atomic mass is 32.1. The van der Waals surface area contributed by atoms with Gasteiger partial charge in [-0.15, -0.1) is 11.3 Å². The molecular formula is C26H24N2O2S. The summed E-state index contributed by atoms with van der Waals surface area (Å²) in [5.41, 5.74) is 4.09. The van der Waals surface area contributed by atoms with Gasteiger partial charge in [-0.25, -0.2) is 4.98 Å². The predicted octanol–water partition coefficient (Wildman–Crippen LogP) is 5.17. The molecule has 1 aromatic heterocycles. The molecule has 0 saturated heterocycles. The Kier molecular flexibility index (Phi) is 7.08. The second kappa shape index (κ2) is 10.5. The number of carbonyl (C=O) groups is 1. The Morgan fingerprint density at radius 2 is 1.55 bits per heavy atom. The SMILES string of the molecule is O=C(Cc1csc(Cc2ccccc2)n1)NCc1ccccc1OCc1ccccc1. The fourth-order valence-corrected chi connectivity index (χ4v) is 4.06. The smallest absolute Gasteiger partial charge is 0.226 e. The van der Waals surface area contributed by atoms with Crippen LogP contribution in [0.4, 0.5) is 0 Å². The standard InChI is InChI=1S/C26H24N2O2S/c29-25(16-23-19-31-26(28-23)15-20-9-3-1-4-10-20)27-17-22-13-7-8-14-24(22)30-18-21-11-5-2-6-12-21/h1-14,19H,15-18H2,(H,27,29). The van der Waals surface area contributed by atoms with Crippen molar-refractivity contribution in [1.29, 1.82) is 0 Å². The number of nitrogens with one attached hydrogen (secondary N) is 1. The van der Waals surface area contributed by atoms with Crippen molar-refractivity contribution < 1.29 is 9.53 Å². The first kappa shape index (κ1) is 20.8. The van der Waals surface area contributed by atoms with Crippen LogP contribution in [0.2, 0.25) is 0 Å². The van der Waals surface area contributed by atoms with Crippen molar-refractivity contribution >= 4 is 17.2 Å². The highest BCUT2D eigenvalue weighted by molar-refractivity contribution is 7.09. The molecule has 0 atom stereocenters. The fourth-order valence-electron chi connectivity index (χ4n) is 3.23. The van der Waals surface area contributed by atoms with E-state index in [2.05, 4.69) is 22.4 Å². The Morgan fingerprint density at radius 3 is 2.32 bits per heavy atom. The van der Waals surface area contributed by atoms with Gasteiger partial charge in [0.1, 0.15) is 12.4 Å². The number of benzene rings is 3. The van der Waals surface area contributed by atoms with Crippen molar-refractivity contribution in [2.24, 2.45) is 0 Å². The molecule has 31 heavy (non-hydrogen) atoms. The van der Waals surface area contributed by atoms with E-state index in [-0.39, 0.29) is 12.3 Å². The Morgan fingerprint density at radius 1 is 0.871 bits per heavy atom. The third-order valence-electron chi connectivity index (χ3n) is 4.82. The van der Waals surface area contributed by atoms with Gasteiger partial charge < -0.3 is 10.1 Å². The number of amides is 1. The van der Waals surface area contributed by atoms with Crippen LogP contribution in [0.5, 0.6) is 5.75 Å². The Balaban J connectivity index is 1.29. The molecule has 1 heterocycles. The number of para-hydroxylation sites is 1. The van der Waals surface area contributed by atoms with Crippen molar-refractivity contribution in [3.05, 3.63) is 118 Å². The van der Waals surface area contributed by atoms with Crippen molar-refractivity contribution in [1.82, 2.24) is 10.3 Å². The van der Waals surface area contributed by atoms with E-state index in [4.69, 9.17) is 4.74 Å². The molecule has 0 spiro atoms. The first-order valence-corrected chi connectivity index (χ1v) is 11.1. The van der Waals surface area contributed by atoms with Crippen LogP contribution in [0.25, 0.3) is 0 Å². The van der Waals surface area contributed by atoms with E-state index >= 15 is 0 Å². The molecule has 0 saturated carbocycles. The van der Waals surface area contributed by atoms with Gasteiger partial charge in [-0.1, -0.05) is 78.9 Å². The first-order chi connectivity index (χ1) is 15.3. The number of hydrogen-bond acceptors (Lipinski definition) is 4. The molecule has 0 aliphatic carbocycles. The third kappa shape index (κ3) is 6.27. The van der Waals surface area contributed by atoms with E-state index in [9.17, 15) is 4.79 Å². The second-order valence-electron chi connectivity index (χ2n) is 7.23. The highest BCUT2D eigenvalue weighted by Crippen LogP contribution is 2.20. The molecule has 3 aromatic carbocycles. The van der Waals surface area contributed by atoms with Crippen molar-refractivity contribution in [3.8, 4) is 5.75 Å². The highest BCUT2D eigenvalue weighted by Gasteiger charge is 2.10. The van der Waals surface area contributed by atoms with Gasteiger partial charge in [0.2, 0.25) is 5.91 Å². The minimum Gasteiger partial charge on any atom is -0.489 e. The largest absolute Gasteiger partial charge is 0.489 e. The van der Waals surface area contributed by atoms with E-state index in [0.717, 1.165) is 34.0 Å². The Hall–Kier alpha value is -3.44. The maximum atomic E-state index is 12.5. The summed E-state index contributed by atoms with van der Waals surface area (Å²) in [4.78, 5) is 17.1. The molecule has 1 amide bonds. The maximum Gasteiger partial charge on any atom is 0.226 e. The molecule has 0 aliphatic heterocycles. The van der Waals surface area contributed by atoms with Gasteiger partial charge in [0.05, 0.1) is 17.1 Å². The zero-order valence-corrected chi connectivity index (χ0v) is 18.0. The number of aromatic nitrogens is 1. The lowest BCUT2D eigenvalue weighted by Gasteiger charge is -2.12. The Labute approximate surface area is 186 Å². The Bertz CT molecular complexity index is 1110. The lowest BCUT2D eigenvalue weighted by atomic mass is 10.2. The van der Waals surface area contributed by atoms with Crippen LogP contribution in [-0.4, -0.2) is 10.9 Å². The molecule has 5 heteroatoms. The summed E-state index contributed by atoms with van der Waals surface area (Å²) in [7, 11) is 0. The fraction of sp³-hybridized carbons (Fsp3) is 0.154. The summed E-state index contributed by atoms with van der Waals surface area (Å²) in [6.45, 7) is 0.916. The number of ether oxygens (including phenoxy) is 1. The predicted molar refractivity (Wildman–Crippen MR) is 124 cm³/mol. The van der Waals surface area contributed by atoms with Gasteiger partial charge in [0.25, 0.3) is 0 Å². The lowest BCUT2D eigenvalue weighted by Crippen LogP contribution is -2.25. The summed E-state index contributed by atoms with van der Waals surface area (Å²) in [6.07, 6.45) is 1.07. The monoisotopic (exact) mass is 428 g/mol. The molecule has 1 N–H and O–H groups in total. The van der Waals surface area contributed by atoms with E-state index in [1.54, 1.807) is 11.3 Å². The molecule has 0 aliphatic rings. The van der Waals surface area contributed by atoms with Crippen LogP contribution < -0.4 is 10.1 Å². The molecule has 0 unspecified atom stereocenters. The molecular weight excluding hydrogens is 404 g/mol. The van der Waals surface area contributed by atoms with Gasteiger partial charge in [0.15, 0.2) is 0 Å². The van der Waals surface area contributed by atoms with Gasteiger partial charge in [0, 0.05) is 23.9 Å². The van der Waals surface area contributed by atoms with Gasteiger partial charge >= 0.3 is 0 Å². The maximum absolute atomic E-state index is 12.5. The van der Waals surface area contributed by atoms with E-state index in [1.165, 1.54) is 5.56 Å². The van der Waals surface area contributed by atoms with Crippen LogP contribution in [0.3, 0.4) is 0 Å². The number of nitrogens with zero attached hydrogens (tertiary/aromatic N) is 1. The molecule has 0 radical (unpaired) electrons. The molecule has 156 valence electrons. The molecule has 4 aromatic rings. The normalized spacial score (nSPS) is 10.6.